The highest BCUT2D eigenvalue weighted by Crippen LogP contribution is 2.58. The molecule has 148 heavy (non-hydrogen) atoms. The third-order valence-corrected chi connectivity index (χ3v) is 32.4. The molecule has 0 spiro atoms. The highest BCUT2D eigenvalue weighted by molar-refractivity contribution is 8.04. The number of thiazole rings is 2. The maximum atomic E-state index is 12.6. The van der Waals surface area contributed by atoms with Gasteiger partial charge < -0.3 is 146 Å². The second kappa shape index (κ2) is 45.1. The number of nitrogens with two attached hydrogens (primary N) is 5. The molecule has 17 N–H and O–H groups in total. The number of unbranched alkanes of at least 4 members (excludes halogenated alkanes) is 1. The van der Waals surface area contributed by atoms with E-state index in [9.17, 15) is 59.7 Å². The van der Waals surface area contributed by atoms with E-state index in [4.69, 9.17) is 109 Å². The molecule has 57 heteroatoms. The molecule has 24 atom stereocenters. The average Bonchev–Trinajstić information content (AvgIpc) is 1.58. The first-order valence-corrected chi connectivity index (χ1v) is 52.7. The molecule has 0 unspecified atom stereocenters. The number of ether oxygens (including phenoxy) is 12. The van der Waals surface area contributed by atoms with Crippen molar-refractivity contribution < 1.29 is 107 Å². The monoisotopic (exact) mass is 2210 g/mol. The van der Waals surface area contributed by atoms with Crippen LogP contribution < -0.4 is 58.0 Å². The van der Waals surface area contributed by atoms with Crippen LogP contribution in [-0.2, 0) is 71.2 Å². The number of nitrogens with zero attached hydrogens (tertiary/aromatic N) is 20. The molecule has 13 aliphatic rings. The van der Waals surface area contributed by atoms with Crippen molar-refractivity contribution in [2.75, 3.05) is 102 Å². The third-order valence-electron chi connectivity index (χ3n) is 26.0. The predicted octanol–water partition coefficient (Wildman–Crippen LogP) is 6.34. The fourth-order valence-corrected chi connectivity index (χ4v) is 25.9. The third kappa shape index (κ3) is 22.9. The zero-order valence-electron chi connectivity index (χ0n) is 82.4. The van der Waals surface area contributed by atoms with E-state index >= 15 is 0 Å². The summed E-state index contributed by atoms with van der Waals surface area (Å²) in [6.45, 7) is 37.3. The first-order chi connectivity index (χ1) is 70.1. The van der Waals surface area contributed by atoms with Crippen LogP contribution in [0.15, 0.2) is 118 Å². The lowest BCUT2D eigenvalue weighted by Crippen LogP contribution is -2.41. The molecule has 17 heterocycles. The van der Waals surface area contributed by atoms with Gasteiger partial charge in [-0.1, -0.05) is 139 Å². The van der Waals surface area contributed by atoms with Gasteiger partial charge in [-0.15, -0.1) is 6.58 Å². The van der Waals surface area contributed by atoms with Crippen molar-refractivity contribution in [3.05, 3.63) is 114 Å². The number of aliphatic hydroxyl groups excluding tert-OH is 7. The van der Waals surface area contributed by atoms with E-state index < -0.39 is 101 Å². The Kier molecular flexibility index (Phi) is 33.7. The number of hydrogen-bond donors (Lipinski definition) is 12. The fraction of sp³-hybridized carbons (Fsp3) is 0.560. The SMILES string of the molecule is C=C1Sc2c(Cl)nc(N)nc2N1[C@@H]1C[C@H](CO)[C@H]2OC(C)(C)O[C@H]21.C=C1Sc2cnc(N)nc2N1[C@@H]1C[C@H](CO)[C@@H](O)[C@H]1O.C=C1Sc2cnc(N)nc2N1[C@@H]1C[C@H](CO)[C@H]2OC(C)(C)O[C@H]21.C=C[C@H]1C[C@@H](N2C(=C)Sc3c(Cl)nc(N=CN(C)C)nc32)[C@@H]2OC(C)(C)O[C@@H]21.CC(=O)OC[C@H]1O[C@@H](n2c(=O)sc3cnc(N)nc32)[C@H](OC(C)=O)[C@H]1OC(C)=O.CCCCO[C@@H]1[C@@H](O)[C@@H](n2c(=O)sc3cnc(N)nc32)O[C@@H]1CO. The lowest BCUT2D eigenvalue weighted by Gasteiger charge is -2.31. The molecule has 8 aromatic heterocycles. The number of carbonyl (C=O) groups excluding carboxylic acids is 3. The number of nitrogen functional groups attached to an aromatic ring is 5. The Balaban J connectivity index is 0.000000127. The molecule has 0 amide bonds. The van der Waals surface area contributed by atoms with Gasteiger partial charge in [0, 0.05) is 97.4 Å². The Hall–Kier alpha value is -10.0. The molecule has 0 aromatic carbocycles. The van der Waals surface area contributed by atoms with E-state index in [0.29, 0.717) is 67.4 Å². The van der Waals surface area contributed by atoms with E-state index in [1.165, 1.54) is 77.9 Å². The molecular weight excluding hydrogens is 2090 g/mol. The summed E-state index contributed by atoms with van der Waals surface area (Å²) in [6.07, 6.45) is 3.62. The molecule has 4 saturated carbocycles. The number of hydrogen-bond acceptors (Lipinski definition) is 52. The summed E-state index contributed by atoms with van der Waals surface area (Å²) in [6, 6.07) is -0.402. The molecule has 0 radical (unpaired) electrons. The number of fused-ring (bicyclic) bond motifs is 9. The normalized spacial score (nSPS) is 30.2. The van der Waals surface area contributed by atoms with Gasteiger partial charge in [0.15, 0.2) is 86.9 Å². The number of thioether (sulfide) groups is 4. The van der Waals surface area contributed by atoms with Crippen molar-refractivity contribution in [3.8, 4) is 0 Å². The lowest BCUT2D eigenvalue weighted by atomic mass is 10.1. The van der Waals surface area contributed by atoms with Crippen LogP contribution in [0.25, 0.3) is 20.7 Å². The van der Waals surface area contributed by atoms with Gasteiger partial charge in [-0.25, -0.2) is 24.9 Å². The van der Waals surface area contributed by atoms with Crippen LogP contribution in [0.5, 0.6) is 0 Å². The van der Waals surface area contributed by atoms with Crippen LogP contribution >= 0.6 is 92.9 Å². The summed E-state index contributed by atoms with van der Waals surface area (Å²) in [7, 11) is 3.77. The van der Waals surface area contributed by atoms with E-state index in [1.807, 2.05) is 78.4 Å². The zero-order chi connectivity index (χ0) is 107. The molecular formula is C91H117Cl2N25O24S6. The molecule has 9 fully saturated rings. The predicted molar refractivity (Wildman–Crippen MR) is 551 cm³/mol. The van der Waals surface area contributed by atoms with Crippen molar-refractivity contribution in [2.24, 2.45) is 28.7 Å². The lowest BCUT2D eigenvalue weighted by molar-refractivity contribution is -0.166. The van der Waals surface area contributed by atoms with Gasteiger partial charge >= 0.3 is 27.7 Å². The minimum atomic E-state index is -1.20. The highest BCUT2D eigenvalue weighted by Gasteiger charge is 2.62. The molecule has 0 bridgehead atoms. The number of esters is 3. The first-order valence-electron chi connectivity index (χ1n) is 47.0. The number of aromatic nitrogens is 14. The summed E-state index contributed by atoms with van der Waals surface area (Å²) in [5.41, 5.74) is 28.8. The van der Waals surface area contributed by atoms with Gasteiger partial charge in [-0.05, 0) is 73.6 Å². The molecule has 21 rings (SSSR count). The average molecular weight is 2210 g/mol. The molecule has 49 nitrogen and oxygen atoms in total. The zero-order valence-corrected chi connectivity index (χ0v) is 88.9. The van der Waals surface area contributed by atoms with Gasteiger partial charge in [0.25, 0.3) is 5.95 Å². The van der Waals surface area contributed by atoms with Crippen LogP contribution in [0.3, 0.4) is 0 Å². The largest absolute Gasteiger partial charge is 0.463 e. The van der Waals surface area contributed by atoms with Gasteiger partial charge in [-0.2, -0.15) is 39.9 Å². The van der Waals surface area contributed by atoms with Crippen LogP contribution in [0, 0.1) is 23.7 Å². The minimum Gasteiger partial charge on any atom is -0.463 e. The quantitative estimate of drug-likeness (QED) is 0.00709. The van der Waals surface area contributed by atoms with Crippen molar-refractivity contribution in [2.45, 2.75) is 267 Å². The summed E-state index contributed by atoms with van der Waals surface area (Å²) >= 11 is 20.3. The summed E-state index contributed by atoms with van der Waals surface area (Å²) < 4.78 is 72.8. The van der Waals surface area contributed by atoms with Crippen LogP contribution in [0.4, 0.5) is 59.0 Å². The summed E-state index contributed by atoms with van der Waals surface area (Å²) in [5, 5.41) is 72.9. The first kappa shape index (κ1) is 111. The van der Waals surface area contributed by atoms with Gasteiger partial charge in [-0.3, -0.25) is 33.1 Å². The molecule has 4 aliphatic carbocycles. The number of halogens is 2. The van der Waals surface area contributed by atoms with Crippen LogP contribution in [0.2, 0.25) is 10.3 Å². The van der Waals surface area contributed by atoms with Crippen molar-refractivity contribution >= 4 is 197 Å². The van der Waals surface area contributed by atoms with Gasteiger partial charge in [0.2, 0.25) is 29.7 Å². The molecule has 5 saturated heterocycles. The van der Waals surface area contributed by atoms with Gasteiger partial charge in [0.05, 0.1) is 123 Å². The van der Waals surface area contributed by atoms with Gasteiger partial charge in [0.1, 0.15) is 55.4 Å². The number of aliphatic imine (C=N–C) groups is 1. The number of anilines is 9. The van der Waals surface area contributed by atoms with Crippen LogP contribution in [-0.4, -0.2) is 315 Å². The Morgan fingerprint density at radius 2 is 0.932 bits per heavy atom. The standard InChI is InChI=1S/C19H24ClN5O2S.C16H18N4O8S.C15H19ClN4O3S.C15H20N4O3S.C14H20N4O5S.C12H16N4O3S/c1-7-11-8-12(14-13(11)26-19(3,4)27-14)25-10(2)28-15-16(20)22-18(23-17(15)25)21-9-24(5)6;1-6(21)25-5-9-11(26-7(2)22)12(27-8(3)23)14(28-9)20-13-10(29-16(20)24)4-18-15(17)19-13;1-6-20(13-11(24-6)12(16)18-14(17)19-13)8-4-7(5-21)9-10(8)23-15(2,3)22-9;1-7-19(13-10(23-7)5-17-14(16)18-13)9-4-8(6-20)11-12(9)22-15(2,3)21-11;1-2-3-4-22-10-7(6-19)23-12(9(10)20)18-11-8(24-14(18)21)5-16-13(15)17-11;1-5-16(7-2-6(4-17)9(18)10(7)19)11-8(20-5)3-14-12(13)15-11/h7,9,11-14H,1-2,8H2,3-6H3;4,9,11-12,14H,5H2,1-3H3,(H2,17,18,19);7-10,21H,1,4-5H2,2-3H3,(H2,17,18,19);5,8-9,11-12,20H,1,4,6H2,2-3H3,(H2,16,17,18);5,7,9-10,12,19-20H,2-4,6H2,1H3,(H2,15,16,17);3,6-7,9-10,17-19H,1-2,4H2,(H2,13,14,15)/t11-,12+,13+,14-;9-,11+,12-,14-;7-,8-,9-,10+;8-,9-,11-,12+;7-,9-,10+,12+;6-,7-,9-,10+/m011111/s1. The topological polar surface area (TPSA) is 661 Å². The Morgan fingerprint density at radius 3 is 1.41 bits per heavy atom. The number of rotatable bonds is 21. The Morgan fingerprint density at radius 1 is 0.507 bits per heavy atom. The van der Waals surface area contributed by atoms with E-state index in [-0.39, 0.29) is 158 Å². The summed E-state index contributed by atoms with van der Waals surface area (Å²) in [4.78, 5) is 126. The number of carbonyl (C=O) groups is 3. The van der Waals surface area contributed by atoms with Crippen molar-refractivity contribution in [1.29, 1.82) is 0 Å². The highest BCUT2D eigenvalue weighted by atomic mass is 35.5. The number of aliphatic hydroxyl groups is 7. The fourth-order valence-electron chi connectivity index (χ4n) is 20.0. The van der Waals surface area contributed by atoms with Crippen molar-refractivity contribution in [1.82, 2.24) is 73.8 Å². The second-order valence-corrected chi connectivity index (χ2v) is 45.0. The van der Waals surface area contributed by atoms with Crippen LogP contribution in [0.1, 0.15) is 120 Å². The second-order valence-electron chi connectivity index (χ2n) is 37.9. The molecule has 8 aromatic rings. The van der Waals surface area contributed by atoms with E-state index in [2.05, 4.69) is 107 Å². The van der Waals surface area contributed by atoms with E-state index in [0.717, 1.165) is 106 Å². The van der Waals surface area contributed by atoms with E-state index in [1.54, 1.807) is 23.6 Å². The maximum absolute atomic E-state index is 12.6. The smallest absolute Gasteiger partial charge is 0.311 e. The van der Waals surface area contributed by atoms with Crippen molar-refractivity contribution in [3.63, 3.8) is 0 Å². The summed E-state index contributed by atoms with van der Waals surface area (Å²) in [5.74, 6) is -0.494. The Bertz CT molecular complexity index is 6540. The maximum Gasteiger partial charge on any atom is 0.311 e. The molecule has 800 valence electrons. The molecule has 9 aliphatic heterocycles. The minimum absolute atomic E-state index is 0.00159. The Labute approximate surface area is 882 Å².